The number of hydrogen-bond acceptors (Lipinski definition) is 2. The lowest BCUT2D eigenvalue weighted by atomic mass is 10.1. The van der Waals surface area contributed by atoms with Crippen LogP contribution in [-0.4, -0.2) is 18.0 Å². The molecule has 3 N–H and O–H groups in total. The van der Waals surface area contributed by atoms with Crippen LogP contribution >= 0.6 is 11.6 Å². The highest BCUT2D eigenvalue weighted by atomic mass is 35.5. The van der Waals surface area contributed by atoms with Crippen LogP contribution in [0, 0.1) is 0 Å². The van der Waals surface area contributed by atoms with E-state index in [1.54, 1.807) is 24.3 Å². The van der Waals surface area contributed by atoms with Crippen LogP contribution in [0.5, 0.6) is 0 Å². The molecule has 2 rings (SSSR count). The van der Waals surface area contributed by atoms with Gasteiger partial charge in [-0.25, -0.2) is 4.79 Å². The predicted molar refractivity (Wildman–Crippen MR) is 102 cm³/mol. The lowest BCUT2D eigenvalue weighted by Crippen LogP contribution is -2.34. The highest BCUT2D eigenvalue weighted by Crippen LogP contribution is 2.18. The molecule has 0 radical (unpaired) electrons. The third-order valence-electron chi connectivity index (χ3n) is 3.43. The van der Waals surface area contributed by atoms with E-state index in [4.69, 9.17) is 11.6 Å². The molecule has 6 heteroatoms. The maximum Gasteiger partial charge on any atom is 0.319 e. The number of nitrogens with one attached hydrogen (secondary N) is 3. The van der Waals surface area contributed by atoms with Crippen molar-refractivity contribution in [1.82, 2.24) is 5.32 Å². The summed E-state index contributed by atoms with van der Waals surface area (Å²) in [6.45, 7) is 3.78. The topological polar surface area (TPSA) is 70.2 Å². The second kappa shape index (κ2) is 9.08. The van der Waals surface area contributed by atoms with E-state index in [1.165, 1.54) is 0 Å². The van der Waals surface area contributed by atoms with Crippen molar-refractivity contribution in [2.45, 2.75) is 32.7 Å². The van der Waals surface area contributed by atoms with E-state index in [0.717, 1.165) is 5.56 Å². The van der Waals surface area contributed by atoms with Crippen LogP contribution in [0.3, 0.4) is 0 Å². The molecule has 0 aliphatic carbocycles. The predicted octanol–water partition coefficient (Wildman–Crippen LogP) is 4.44. The molecule has 2 aromatic rings. The first-order chi connectivity index (χ1) is 11.9. The highest BCUT2D eigenvalue weighted by Gasteiger charge is 2.07. The molecule has 0 aliphatic heterocycles. The van der Waals surface area contributed by atoms with Gasteiger partial charge < -0.3 is 16.0 Å². The molecule has 0 heterocycles. The van der Waals surface area contributed by atoms with Gasteiger partial charge in [0.05, 0.1) is 0 Å². The van der Waals surface area contributed by atoms with Crippen molar-refractivity contribution in [3.05, 3.63) is 59.1 Å². The summed E-state index contributed by atoms with van der Waals surface area (Å²) in [6, 6.07) is 14.3. The molecule has 5 nitrogen and oxygen atoms in total. The first kappa shape index (κ1) is 18.8. The van der Waals surface area contributed by atoms with Crippen LogP contribution in [-0.2, 0) is 11.2 Å². The van der Waals surface area contributed by atoms with Crippen molar-refractivity contribution < 1.29 is 9.59 Å². The molecule has 0 spiro atoms. The number of aryl methyl sites for hydroxylation is 1. The number of carbonyl (C=O) groups excluding carboxylic acids is 2. The Hall–Kier alpha value is -2.53. The largest absolute Gasteiger partial charge is 0.336 e. The number of rotatable bonds is 6. The second-order valence-electron chi connectivity index (χ2n) is 5.97. The molecular weight excluding hydrogens is 338 g/mol. The lowest BCUT2D eigenvalue weighted by molar-refractivity contribution is -0.116. The number of halogens is 1. The van der Waals surface area contributed by atoms with Gasteiger partial charge in [-0.3, -0.25) is 4.79 Å². The van der Waals surface area contributed by atoms with E-state index < -0.39 is 0 Å². The van der Waals surface area contributed by atoms with Gasteiger partial charge in [-0.2, -0.15) is 0 Å². The Morgan fingerprint density at radius 2 is 1.56 bits per heavy atom. The Kier molecular flexibility index (Phi) is 6.83. The van der Waals surface area contributed by atoms with Crippen LogP contribution in [0.1, 0.15) is 25.8 Å². The SMILES string of the molecule is CC(C)NC(=O)Nc1ccc(NC(=O)CCc2ccccc2Cl)cc1. The van der Waals surface area contributed by atoms with Gasteiger partial charge in [-0.15, -0.1) is 0 Å². The van der Waals surface area contributed by atoms with Gasteiger partial charge in [-0.05, 0) is 56.2 Å². The summed E-state index contributed by atoms with van der Waals surface area (Å²) >= 11 is 6.09. The molecule has 0 saturated carbocycles. The molecule has 2 aromatic carbocycles. The molecule has 25 heavy (non-hydrogen) atoms. The zero-order valence-electron chi connectivity index (χ0n) is 14.3. The van der Waals surface area contributed by atoms with E-state index in [0.29, 0.717) is 29.2 Å². The Morgan fingerprint density at radius 3 is 2.16 bits per heavy atom. The zero-order chi connectivity index (χ0) is 18.2. The van der Waals surface area contributed by atoms with Gasteiger partial charge in [-0.1, -0.05) is 29.8 Å². The average Bonchev–Trinajstić information content (AvgIpc) is 2.55. The molecule has 0 aromatic heterocycles. The Balaban J connectivity index is 1.83. The summed E-state index contributed by atoms with van der Waals surface area (Å²) in [4.78, 5) is 23.7. The van der Waals surface area contributed by atoms with Crippen LogP contribution in [0.2, 0.25) is 5.02 Å². The normalized spacial score (nSPS) is 10.4. The number of carbonyl (C=O) groups is 2. The molecular formula is C19H22ClN3O2. The first-order valence-electron chi connectivity index (χ1n) is 8.15. The number of amides is 3. The Bertz CT molecular complexity index is 730. The molecule has 0 unspecified atom stereocenters. The zero-order valence-corrected chi connectivity index (χ0v) is 15.1. The molecule has 3 amide bonds. The number of hydrogen-bond donors (Lipinski definition) is 3. The maximum absolute atomic E-state index is 12.0. The van der Waals surface area contributed by atoms with E-state index in [2.05, 4.69) is 16.0 Å². The molecule has 0 saturated heterocycles. The summed E-state index contributed by atoms with van der Waals surface area (Å²) in [6.07, 6.45) is 0.932. The third-order valence-corrected chi connectivity index (χ3v) is 3.79. The van der Waals surface area contributed by atoms with Crippen LogP contribution in [0.4, 0.5) is 16.2 Å². The number of urea groups is 1. The monoisotopic (exact) mass is 359 g/mol. The maximum atomic E-state index is 12.0. The summed E-state index contributed by atoms with van der Waals surface area (Å²) in [5, 5.41) is 8.98. The standard InChI is InChI=1S/C19H22ClN3O2/c1-13(2)21-19(25)23-16-10-8-15(9-11-16)22-18(24)12-7-14-5-3-4-6-17(14)20/h3-6,8-11,13H,7,12H2,1-2H3,(H,22,24)(H2,21,23,25). The fourth-order valence-corrected chi connectivity index (χ4v) is 2.47. The second-order valence-corrected chi connectivity index (χ2v) is 6.38. The molecule has 0 bridgehead atoms. The minimum absolute atomic E-state index is 0.0664. The van der Waals surface area contributed by atoms with Gasteiger partial charge in [0.2, 0.25) is 5.91 Å². The summed E-state index contributed by atoms with van der Waals surface area (Å²) in [7, 11) is 0. The van der Waals surface area contributed by atoms with E-state index in [-0.39, 0.29) is 18.0 Å². The van der Waals surface area contributed by atoms with Gasteiger partial charge in [0.1, 0.15) is 0 Å². The van der Waals surface area contributed by atoms with Gasteiger partial charge in [0, 0.05) is 28.9 Å². The van der Waals surface area contributed by atoms with Crippen LogP contribution < -0.4 is 16.0 Å². The molecule has 0 fully saturated rings. The lowest BCUT2D eigenvalue weighted by Gasteiger charge is -2.11. The van der Waals surface area contributed by atoms with Crippen molar-refractivity contribution in [2.24, 2.45) is 0 Å². The van der Waals surface area contributed by atoms with Crippen LogP contribution in [0.15, 0.2) is 48.5 Å². The van der Waals surface area contributed by atoms with Crippen molar-refractivity contribution in [2.75, 3.05) is 10.6 Å². The van der Waals surface area contributed by atoms with Crippen molar-refractivity contribution in [3.63, 3.8) is 0 Å². The van der Waals surface area contributed by atoms with E-state index in [9.17, 15) is 9.59 Å². The van der Waals surface area contributed by atoms with Gasteiger partial charge >= 0.3 is 6.03 Å². The summed E-state index contributed by atoms with van der Waals surface area (Å²) in [5.74, 6) is -0.0850. The molecule has 132 valence electrons. The minimum atomic E-state index is -0.258. The first-order valence-corrected chi connectivity index (χ1v) is 8.52. The quantitative estimate of drug-likeness (QED) is 0.713. The van der Waals surface area contributed by atoms with Crippen molar-refractivity contribution >= 4 is 34.9 Å². The van der Waals surface area contributed by atoms with Gasteiger partial charge in [0.25, 0.3) is 0 Å². The van der Waals surface area contributed by atoms with Crippen molar-refractivity contribution in [1.29, 1.82) is 0 Å². The fraction of sp³-hybridized carbons (Fsp3) is 0.263. The minimum Gasteiger partial charge on any atom is -0.336 e. The molecule has 0 aliphatic rings. The Morgan fingerprint density at radius 1 is 0.960 bits per heavy atom. The van der Waals surface area contributed by atoms with E-state index in [1.807, 2.05) is 38.1 Å². The number of benzene rings is 2. The smallest absolute Gasteiger partial charge is 0.319 e. The average molecular weight is 360 g/mol. The third kappa shape index (κ3) is 6.47. The Labute approximate surface area is 152 Å². The van der Waals surface area contributed by atoms with Gasteiger partial charge in [0.15, 0.2) is 0 Å². The fourth-order valence-electron chi connectivity index (χ4n) is 2.24. The number of anilines is 2. The van der Waals surface area contributed by atoms with E-state index >= 15 is 0 Å². The highest BCUT2D eigenvalue weighted by molar-refractivity contribution is 6.31. The molecule has 0 atom stereocenters. The van der Waals surface area contributed by atoms with Crippen molar-refractivity contribution in [3.8, 4) is 0 Å². The summed E-state index contributed by atoms with van der Waals surface area (Å²) < 4.78 is 0. The summed E-state index contributed by atoms with van der Waals surface area (Å²) in [5.41, 5.74) is 2.29. The van der Waals surface area contributed by atoms with Crippen LogP contribution in [0.25, 0.3) is 0 Å².